The largest absolute Gasteiger partial charge is 0.496 e. The summed E-state index contributed by atoms with van der Waals surface area (Å²) in [6, 6.07) is 12.6. The fourth-order valence-electron chi connectivity index (χ4n) is 3.51. The number of hydrogen-bond donors (Lipinski definition) is 0. The second-order valence-corrected chi connectivity index (χ2v) is 7.92. The first kappa shape index (κ1) is 23.4. The quantitative estimate of drug-likeness (QED) is 0.322. The maximum Gasteiger partial charge on any atom is 0.342 e. The highest BCUT2D eigenvalue weighted by Gasteiger charge is 2.22. The molecule has 0 N–H and O–H groups in total. The van der Waals surface area contributed by atoms with Gasteiger partial charge < -0.3 is 23.5 Å². The maximum atomic E-state index is 12.9. The third-order valence-corrected chi connectivity index (χ3v) is 5.60. The van der Waals surface area contributed by atoms with Gasteiger partial charge in [-0.3, -0.25) is 4.79 Å². The molecule has 0 aliphatic heterocycles. The molecule has 3 rings (SSSR count). The summed E-state index contributed by atoms with van der Waals surface area (Å²) in [6.07, 6.45) is 0. The average molecular weight is 502 g/mol. The van der Waals surface area contributed by atoms with Gasteiger partial charge in [-0.1, -0.05) is 15.9 Å². The van der Waals surface area contributed by atoms with E-state index in [2.05, 4.69) is 15.9 Å². The van der Waals surface area contributed by atoms with E-state index in [-0.39, 0.29) is 17.1 Å². The van der Waals surface area contributed by atoms with Crippen molar-refractivity contribution in [1.82, 2.24) is 4.57 Å². The number of benzene rings is 2. The van der Waals surface area contributed by atoms with Gasteiger partial charge in [0.2, 0.25) is 5.78 Å². The van der Waals surface area contributed by atoms with Crippen LogP contribution in [0.1, 0.15) is 32.1 Å². The molecule has 0 saturated carbocycles. The molecule has 0 spiro atoms. The molecule has 0 amide bonds. The van der Waals surface area contributed by atoms with Gasteiger partial charge >= 0.3 is 5.97 Å². The lowest BCUT2D eigenvalue weighted by Gasteiger charge is -2.13. The number of methoxy groups -OCH3 is 3. The van der Waals surface area contributed by atoms with Gasteiger partial charge in [0.05, 0.1) is 21.3 Å². The van der Waals surface area contributed by atoms with Crippen molar-refractivity contribution in [2.45, 2.75) is 13.8 Å². The van der Waals surface area contributed by atoms with Gasteiger partial charge in [0.15, 0.2) is 18.1 Å². The lowest BCUT2D eigenvalue weighted by atomic mass is 10.1. The normalized spacial score (nSPS) is 10.6. The van der Waals surface area contributed by atoms with Crippen molar-refractivity contribution in [1.29, 1.82) is 0 Å². The van der Waals surface area contributed by atoms with E-state index in [1.54, 1.807) is 6.07 Å². The Morgan fingerprint density at radius 3 is 2.03 bits per heavy atom. The van der Waals surface area contributed by atoms with Crippen LogP contribution in [0.4, 0.5) is 0 Å². The van der Waals surface area contributed by atoms with Gasteiger partial charge in [-0.2, -0.15) is 0 Å². The molecule has 7 nitrogen and oxygen atoms in total. The molecule has 0 saturated heterocycles. The highest BCUT2D eigenvalue weighted by atomic mass is 79.9. The summed E-state index contributed by atoms with van der Waals surface area (Å²) in [5.41, 5.74) is 3.25. The van der Waals surface area contributed by atoms with Crippen LogP contribution in [0.5, 0.6) is 17.2 Å². The summed E-state index contributed by atoms with van der Waals surface area (Å²) in [4.78, 5) is 25.5. The minimum Gasteiger partial charge on any atom is -0.496 e. The van der Waals surface area contributed by atoms with E-state index >= 15 is 0 Å². The van der Waals surface area contributed by atoms with Crippen LogP contribution in [-0.2, 0) is 4.74 Å². The molecule has 0 unspecified atom stereocenters. The van der Waals surface area contributed by atoms with Crippen molar-refractivity contribution in [2.24, 2.45) is 0 Å². The first-order valence-corrected chi connectivity index (χ1v) is 10.5. The molecule has 0 fully saturated rings. The number of rotatable bonds is 8. The van der Waals surface area contributed by atoms with E-state index in [4.69, 9.17) is 18.9 Å². The van der Waals surface area contributed by atoms with E-state index in [0.29, 0.717) is 17.1 Å². The number of ether oxygens (including phenoxy) is 4. The molecule has 32 heavy (non-hydrogen) atoms. The number of halogens is 1. The minimum absolute atomic E-state index is 0.137. The molecule has 0 aliphatic carbocycles. The van der Waals surface area contributed by atoms with E-state index in [1.807, 2.05) is 42.7 Å². The predicted molar refractivity (Wildman–Crippen MR) is 124 cm³/mol. The first-order chi connectivity index (χ1) is 15.3. The summed E-state index contributed by atoms with van der Waals surface area (Å²) < 4.78 is 24.0. The Morgan fingerprint density at radius 1 is 0.844 bits per heavy atom. The molecule has 8 heteroatoms. The van der Waals surface area contributed by atoms with E-state index in [0.717, 1.165) is 21.5 Å². The highest BCUT2D eigenvalue weighted by molar-refractivity contribution is 9.10. The third kappa shape index (κ3) is 4.65. The molecule has 2 aromatic carbocycles. The number of carbonyl (C=O) groups is 2. The van der Waals surface area contributed by atoms with Crippen LogP contribution >= 0.6 is 15.9 Å². The van der Waals surface area contributed by atoms with Crippen molar-refractivity contribution in [3.63, 3.8) is 0 Å². The number of aryl methyl sites for hydroxylation is 1. The summed E-state index contributed by atoms with van der Waals surface area (Å²) in [5.74, 6) is 0.0302. The van der Waals surface area contributed by atoms with Crippen LogP contribution in [0, 0.1) is 13.8 Å². The topological polar surface area (TPSA) is 76.0 Å². The van der Waals surface area contributed by atoms with Crippen molar-refractivity contribution in [3.8, 4) is 22.9 Å². The fraction of sp³-hybridized carbons (Fsp3) is 0.250. The van der Waals surface area contributed by atoms with E-state index in [9.17, 15) is 9.59 Å². The lowest BCUT2D eigenvalue weighted by molar-refractivity contribution is 0.0471. The van der Waals surface area contributed by atoms with Crippen LogP contribution < -0.4 is 14.2 Å². The van der Waals surface area contributed by atoms with Crippen molar-refractivity contribution in [2.75, 3.05) is 27.9 Å². The second kappa shape index (κ2) is 9.91. The molecule has 0 radical (unpaired) electrons. The number of carbonyl (C=O) groups excluding carboxylic acids is 2. The Kier molecular flexibility index (Phi) is 7.25. The number of esters is 1. The van der Waals surface area contributed by atoms with Gasteiger partial charge in [-0.15, -0.1) is 0 Å². The van der Waals surface area contributed by atoms with Crippen LogP contribution in [0.25, 0.3) is 5.69 Å². The molecule has 0 atom stereocenters. The molecule has 3 aromatic rings. The van der Waals surface area contributed by atoms with Gasteiger partial charge in [0, 0.05) is 39.2 Å². The lowest BCUT2D eigenvalue weighted by Crippen LogP contribution is -2.16. The van der Waals surface area contributed by atoms with Crippen molar-refractivity contribution < 1.29 is 28.5 Å². The summed E-state index contributed by atoms with van der Waals surface area (Å²) in [6.45, 7) is 3.38. The number of hydrogen-bond acceptors (Lipinski definition) is 6. The van der Waals surface area contributed by atoms with Crippen LogP contribution in [0.2, 0.25) is 0 Å². The Morgan fingerprint density at radius 2 is 1.44 bits per heavy atom. The van der Waals surface area contributed by atoms with E-state index in [1.165, 1.54) is 33.5 Å². The Hall–Kier alpha value is -3.26. The van der Waals surface area contributed by atoms with Crippen LogP contribution in [-0.4, -0.2) is 44.3 Å². The Labute approximate surface area is 195 Å². The third-order valence-electron chi connectivity index (χ3n) is 5.08. The second-order valence-electron chi connectivity index (χ2n) is 7.00. The number of nitrogens with zero attached hydrogens (tertiary/aromatic N) is 1. The molecule has 1 aromatic heterocycles. The zero-order valence-electron chi connectivity index (χ0n) is 18.5. The first-order valence-electron chi connectivity index (χ1n) is 9.75. The molecule has 168 valence electrons. The number of aromatic nitrogens is 1. The zero-order valence-corrected chi connectivity index (χ0v) is 20.1. The molecule has 1 heterocycles. The predicted octanol–water partition coefficient (Wildman–Crippen LogP) is 4.92. The zero-order chi connectivity index (χ0) is 23.4. The standard InChI is InChI=1S/C24H24BrNO6/c1-14-10-18(15(2)26(14)17-8-6-16(25)7-9-17)20(27)13-32-24(28)19-11-22(30-4)23(31-5)12-21(19)29-3/h6-12H,13H2,1-5H3. The molecular formula is C24H24BrNO6. The summed E-state index contributed by atoms with van der Waals surface area (Å²) >= 11 is 3.43. The number of ketones is 1. The van der Waals surface area contributed by atoms with Crippen LogP contribution in [0.3, 0.4) is 0 Å². The van der Waals surface area contributed by atoms with Crippen LogP contribution in [0.15, 0.2) is 46.9 Å². The fourth-order valence-corrected chi connectivity index (χ4v) is 3.77. The van der Waals surface area contributed by atoms with Gasteiger partial charge in [-0.25, -0.2) is 4.79 Å². The SMILES string of the molecule is COc1cc(OC)c(C(=O)OCC(=O)c2cc(C)n(-c3ccc(Br)cc3)c2C)cc1OC. The van der Waals surface area contributed by atoms with Gasteiger partial charge in [0.25, 0.3) is 0 Å². The summed E-state index contributed by atoms with van der Waals surface area (Å²) in [5, 5.41) is 0. The monoisotopic (exact) mass is 501 g/mol. The molecule has 0 aliphatic rings. The molecular weight excluding hydrogens is 478 g/mol. The Bertz CT molecular complexity index is 1150. The maximum absolute atomic E-state index is 12.9. The van der Waals surface area contributed by atoms with Gasteiger partial charge in [-0.05, 0) is 44.2 Å². The smallest absolute Gasteiger partial charge is 0.342 e. The highest BCUT2D eigenvalue weighted by Crippen LogP contribution is 2.35. The number of Topliss-reactive ketones (excluding diaryl/α,β-unsaturated/α-hetero) is 1. The van der Waals surface area contributed by atoms with E-state index < -0.39 is 12.6 Å². The Balaban J connectivity index is 1.80. The summed E-state index contributed by atoms with van der Waals surface area (Å²) in [7, 11) is 4.38. The molecule has 0 bridgehead atoms. The van der Waals surface area contributed by atoms with Gasteiger partial charge in [0.1, 0.15) is 11.3 Å². The van der Waals surface area contributed by atoms with Crippen molar-refractivity contribution in [3.05, 3.63) is 69.5 Å². The minimum atomic E-state index is -0.696. The van der Waals surface area contributed by atoms with Crippen molar-refractivity contribution >= 4 is 27.7 Å². The average Bonchev–Trinajstić information content (AvgIpc) is 3.10.